The van der Waals surface area contributed by atoms with E-state index in [1.54, 1.807) is 4.90 Å². The van der Waals surface area contributed by atoms with E-state index in [0.29, 0.717) is 13.2 Å². The van der Waals surface area contributed by atoms with Crippen molar-refractivity contribution in [3.63, 3.8) is 0 Å². The second-order valence-electron chi connectivity index (χ2n) is 2.88. The van der Waals surface area contributed by atoms with Crippen LogP contribution in [0.2, 0.25) is 0 Å². The zero-order valence-corrected chi connectivity index (χ0v) is 7.62. The standard InChI is InChI=1S/C9H15NO2/c1-3-4-5-8(2)10-6-7-12-9(10)11/h4-5,8H,3,6-7H2,1-2H3/b5-4+. The van der Waals surface area contributed by atoms with Crippen molar-refractivity contribution in [3.05, 3.63) is 12.2 Å². The van der Waals surface area contributed by atoms with Gasteiger partial charge in [-0.2, -0.15) is 0 Å². The number of amides is 1. The number of hydrogen-bond donors (Lipinski definition) is 0. The summed E-state index contributed by atoms with van der Waals surface area (Å²) >= 11 is 0. The Balaban J connectivity index is 2.45. The van der Waals surface area contributed by atoms with Crippen molar-refractivity contribution in [2.24, 2.45) is 0 Å². The Labute approximate surface area is 73.0 Å². The van der Waals surface area contributed by atoms with Gasteiger partial charge < -0.3 is 4.74 Å². The first-order chi connectivity index (χ1) is 5.75. The highest BCUT2D eigenvalue weighted by atomic mass is 16.6. The Morgan fingerprint density at radius 2 is 2.50 bits per heavy atom. The molecular weight excluding hydrogens is 154 g/mol. The van der Waals surface area contributed by atoms with E-state index in [-0.39, 0.29) is 12.1 Å². The fraction of sp³-hybridized carbons (Fsp3) is 0.667. The van der Waals surface area contributed by atoms with Crippen LogP contribution >= 0.6 is 0 Å². The van der Waals surface area contributed by atoms with Crippen LogP contribution in [-0.2, 0) is 4.74 Å². The second kappa shape index (κ2) is 4.14. The van der Waals surface area contributed by atoms with Gasteiger partial charge in [0.15, 0.2) is 0 Å². The van der Waals surface area contributed by atoms with Crippen molar-refractivity contribution in [3.8, 4) is 0 Å². The quantitative estimate of drug-likeness (QED) is 0.603. The van der Waals surface area contributed by atoms with Crippen LogP contribution in [0.4, 0.5) is 4.79 Å². The summed E-state index contributed by atoms with van der Waals surface area (Å²) in [6.45, 7) is 5.32. The monoisotopic (exact) mass is 169 g/mol. The number of cyclic esters (lactones) is 1. The first-order valence-corrected chi connectivity index (χ1v) is 4.35. The molecule has 68 valence electrons. The summed E-state index contributed by atoms with van der Waals surface area (Å²) in [5, 5.41) is 0. The average molecular weight is 169 g/mol. The van der Waals surface area contributed by atoms with Gasteiger partial charge in [-0.15, -0.1) is 0 Å². The summed E-state index contributed by atoms with van der Waals surface area (Å²) in [5.74, 6) is 0. The maximum atomic E-state index is 11.0. The number of ether oxygens (including phenoxy) is 1. The molecule has 1 amide bonds. The Morgan fingerprint density at radius 3 is 3.00 bits per heavy atom. The van der Waals surface area contributed by atoms with Crippen molar-refractivity contribution < 1.29 is 9.53 Å². The molecule has 0 aliphatic carbocycles. The number of hydrogen-bond acceptors (Lipinski definition) is 2. The molecule has 0 aromatic carbocycles. The Morgan fingerprint density at radius 1 is 1.75 bits per heavy atom. The Kier molecular flexibility index (Phi) is 3.14. The van der Waals surface area contributed by atoms with Crippen molar-refractivity contribution in [1.29, 1.82) is 0 Å². The van der Waals surface area contributed by atoms with Gasteiger partial charge >= 0.3 is 6.09 Å². The van der Waals surface area contributed by atoms with Crippen LogP contribution in [0.25, 0.3) is 0 Å². The van der Waals surface area contributed by atoms with Gasteiger partial charge in [-0.05, 0) is 13.3 Å². The predicted octanol–water partition coefficient (Wildman–Crippen LogP) is 1.79. The first-order valence-electron chi connectivity index (χ1n) is 4.35. The minimum Gasteiger partial charge on any atom is -0.448 e. The lowest BCUT2D eigenvalue weighted by Crippen LogP contribution is -2.32. The summed E-state index contributed by atoms with van der Waals surface area (Å²) in [4.78, 5) is 12.8. The molecule has 0 saturated carbocycles. The van der Waals surface area contributed by atoms with Crippen molar-refractivity contribution in [2.75, 3.05) is 13.2 Å². The molecule has 3 nitrogen and oxygen atoms in total. The molecule has 12 heavy (non-hydrogen) atoms. The lowest BCUT2D eigenvalue weighted by atomic mass is 10.2. The lowest BCUT2D eigenvalue weighted by Gasteiger charge is -2.17. The number of nitrogens with zero attached hydrogens (tertiary/aromatic N) is 1. The van der Waals surface area contributed by atoms with Crippen LogP contribution in [0.3, 0.4) is 0 Å². The van der Waals surface area contributed by atoms with Crippen molar-refractivity contribution >= 4 is 6.09 Å². The fourth-order valence-corrected chi connectivity index (χ4v) is 1.21. The van der Waals surface area contributed by atoms with Crippen LogP contribution < -0.4 is 0 Å². The van der Waals surface area contributed by atoms with E-state index >= 15 is 0 Å². The zero-order valence-electron chi connectivity index (χ0n) is 7.62. The Bertz CT molecular complexity index is 189. The van der Waals surface area contributed by atoms with E-state index in [9.17, 15) is 4.79 Å². The maximum Gasteiger partial charge on any atom is 0.410 e. The average Bonchev–Trinajstić information content (AvgIpc) is 2.47. The van der Waals surface area contributed by atoms with Crippen molar-refractivity contribution in [2.45, 2.75) is 26.3 Å². The highest BCUT2D eigenvalue weighted by molar-refractivity contribution is 5.69. The molecule has 1 unspecified atom stereocenters. The molecule has 0 radical (unpaired) electrons. The largest absolute Gasteiger partial charge is 0.448 e. The summed E-state index contributed by atoms with van der Waals surface area (Å²) in [6.07, 6.45) is 4.92. The second-order valence-corrected chi connectivity index (χ2v) is 2.88. The lowest BCUT2D eigenvalue weighted by molar-refractivity contribution is 0.154. The van der Waals surface area contributed by atoms with Gasteiger partial charge in [-0.1, -0.05) is 19.1 Å². The third-order valence-corrected chi connectivity index (χ3v) is 1.93. The molecule has 1 fully saturated rings. The molecule has 1 rings (SSSR count). The molecule has 1 heterocycles. The topological polar surface area (TPSA) is 29.5 Å². The molecule has 1 aliphatic heterocycles. The summed E-state index contributed by atoms with van der Waals surface area (Å²) in [6, 6.07) is 0.167. The molecule has 0 aromatic rings. The normalized spacial score (nSPS) is 20.2. The third-order valence-electron chi connectivity index (χ3n) is 1.93. The van der Waals surface area contributed by atoms with Crippen molar-refractivity contribution in [1.82, 2.24) is 4.90 Å². The molecular formula is C9H15NO2. The molecule has 0 spiro atoms. The molecule has 0 aromatic heterocycles. The molecule has 1 aliphatic rings. The van der Waals surface area contributed by atoms with E-state index in [2.05, 4.69) is 13.0 Å². The summed E-state index contributed by atoms with van der Waals surface area (Å²) < 4.78 is 4.82. The molecule has 0 bridgehead atoms. The highest BCUT2D eigenvalue weighted by Crippen LogP contribution is 2.09. The van der Waals surface area contributed by atoms with Crippen LogP contribution in [0, 0.1) is 0 Å². The van der Waals surface area contributed by atoms with Gasteiger partial charge in [-0.25, -0.2) is 4.79 Å². The van der Waals surface area contributed by atoms with Crippen LogP contribution in [-0.4, -0.2) is 30.2 Å². The van der Waals surface area contributed by atoms with E-state index in [0.717, 1.165) is 6.42 Å². The van der Waals surface area contributed by atoms with Gasteiger partial charge in [0.1, 0.15) is 6.61 Å². The van der Waals surface area contributed by atoms with Crippen LogP contribution in [0.1, 0.15) is 20.3 Å². The molecule has 1 atom stereocenters. The number of allylic oxidation sites excluding steroid dienone is 1. The number of rotatable bonds is 3. The van der Waals surface area contributed by atoms with E-state index in [4.69, 9.17) is 4.74 Å². The summed E-state index contributed by atoms with van der Waals surface area (Å²) in [7, 11) is 0. The van der Waals surface area contributed by atoms with Crippen LogP contribution in [0.5, 0.6) is 0 Å². The van der Waals surface area contributed by atoms with Gasteiger partial charge in [0, 0.05) is 0 Å². The van der Waals surface area contributed by atoms with Gasteiger partial charge in [-0.3, -0.25) is 4.90 Å². The fourth-order valence-electron chi connectivity index (χ4n) is 1.21. The zero-order chi connectivity index (χ0) is 8.97. The first kappa shape index (κ1) is 9.10. The smallest absolute Gasteiger partial charge is 0.410 e. The maximum absolute atomic E-state index is 11.0. The summed E-state index contributed by atoms with van der Waals surface area (Å²) in [5.41, 5.74) is 0. The van der Waals surface area contributed by atoms with E-state index < -0.39 is 0 Å². The van der Waals surface area contributed by atoms with Gasteiger partial charge in [0.25, 0.3) is 0 Å². The molecule has 3 heteroatoms. The highest BCUT2D eigenvalue weighted by Gasteiger charge is 2.24. The third kappa shape index (κ3) is 2.00. The SMILES string of the molecule is CC/C=C/C(C)N1CCOC1=O. The number of carbonyl (C=O) groups is 1. The van der Waals surface area contributed by atoms with E-state index in [1.807, 2.05) is 13.0 Å². The minimum absolute atomic E-state index is 0.167. The van der Waals surface area contributed by atoms with Gasteiger partial charge in [0.2, 0.25) is 0 Å². The van der Waals surface area contributed by atoms with E-state index in [1.165, 1.54) is 0 Å². The minimum atomic E-state index is -0.191. The molecule has 1 saturated heterocycles. The van der Waals surface area contributed by atoms with Crippen LogP contribution in [0.15, 0.2) is 12.2 Å². The van der Waals surface area contributed by atoms with Gasteiger partial charge in [0.05, 0.1) is 12.6 Å². The number of carbonyl (C=O) groups excluding carboxylic acids is 1. The molecule has 0 N–H and O–H groups in total. The Hall–Kier alpha value is -0.990. The predicted molar refractivity (Wildman–Crippen MR) is 46.9 cm³/mol.